The van der Waals surface area contributed by atoms with Gasteiger partial charge in [0.25, 0.3) is 0 Å². The number of likely N-dealkylation sites (tertiary alicyclic amines) is 1. The summed E-state index contributed by atoms with van der Waals surface area (Å²) < 4.78 is 28.3. The van der Waals surface area contributed by atoms with Crippen molar-refractivity contribution < 1.29 is 13.5 Å². The molecule has 1 rings (SSSR count). The molecule has 1 atom stereocenters. The Kier molecular flexibility index (Phi) is 4.59. The highest BCUT2D eigenvalue weighted by atomic mass is 19.3. The number of rotatable bonds is 4. The molecule has 1 fully saturated rings. The maximum atomic E-state index is 11.9. The van der Waals surface area contributed by atoms with Crippen LogP contribution in [-0.4, -0.2) is 37.2 Å². The third-order valence-electron chi connectivity index (χ3n) is 2.30. The fourth-order valence-corrected chi connectivity index (χ4v) is 1.79. The minimum absolute atomic E-state index is 0.264. The van der Waals surface area contributed by atoms with Crippen LogP contribution in [0.4, 0.5) is 8.78 Å². The molecule has 1 aliphatic rings. The predicted molar refractivity (Wildman–Crippen MR) is 46.8 cm³/mol. The predicted octanol–water partition coefficient (Wildman–Crippen LogP) is 2.10. The lowest BCUT2D eigenvalue weighted by Gasteiger charge is -2.31. The zero-order chi connectivity index (χ0) is 9.68. The Balaban J connectivity index is 2.24. The van der Waals surface area contributed by atoms with Crippen molar-refractivity contribution in [1.29, 1.82) is 0 Å². The molecule has 0 aromatic rings. The molecule has 0 aromatic carbocycles. The lowest BCUT2D eigenvalue weighted by atomic mass is 10.1. The van der Waals surface area contributed by atoms with Crippen molar-refractivity contribution in [3.8, 4) is 0 Å². The molecule has 0 bridgehead atoms. The maximum Gasteiger partial charge on any atom is 0.345 e. The minimum Gasteiger partial charge on any atom is -0.318 e. The summed E-state index contributed by atoms with van der Waals surface area (Å²) in [6, 6.07) is 0. The molecule has 0 N–H and O–H groups in total. The summed E-state index contributed by atoms with van der Waals surface area (Å²) in [6.07, 6.45) is 2.55. The van der Waals surface area contributed by atoms with Crippen molar-refractivity contribution in [2.45, 2.75) is 38.9 Å². The fraction of sp³-hybridized carbons (Fsp3) is 1.00. The Morgan fingerprint density at radius 1 is 1.54 bits per heavy atom. The molecule has 0 amide bonds. The van der Waals surface area contributed by atoms with E-state index >= 15 is 0 Å². The van der Waals surface area contributed by atoms with Crippen molar-refractivity contribution in [1.82, 2.24) is 4.90 Å². The van der Waals surface area contributed by atoms with Gasteiger partial charge in [-0.3, -0.25) is 0 Å². The van der Waals surface area contributed by atoms with E-state index in [0.717, 1.165) is 32.4 Å². The lowest BCUT2D eigenvalue weighted by molar-refractivity contribution is -0.174. The minimum atomic E-state index is -2.62. The zero-order valence-corrected chi connectivity index (χ0v) is 8.01. The van der Waals surface area contributed by atoms with Crippen LogP contribution in [0.5, 0.6) is 0 Å². The molecule has 78 valence electrons. The third-order valence-corrected chi connectivity index (χ3v) is 2.30. The first-order valence-electron chi connectivity index (χ1n) is 4.88. The van der Waals surface area contributed by atoms with Gasteiger partial charge < -0.3 is 9.64 Å². The van der Waals surface area contributed by atoms with Crippen molar-refractivity contribution >= 4 is 0 Å². The average molecular weight is 193 g/mol. The number of alkyl halides is 2. The van der Waals surface area contributed by atoms with E-state index in [4.69, 9.17) is 0 Å². The van der Waals surface area contributed by atoms with Crippen LogP contribution in [0.25, 0.3) is 0 Å². The monoisotopic (exact) mass is 193 g/mol. The van der Waals surface area contributed by atoms with Crippen molar-refractivity contribution in [2.75, 3.05) is 19.6 Å². The van der Waals surface area contributed by atoms with Crippen molar-refractivity contribution in [3.05, 3.63) is 0 Å². The van der Waals surface area contributed by atoms with Gasteiger partial charge in [0.2, 0.25) is 0 Å². The molecule has 13 heavy (non-hydrogen) atoms. The van der Waals surface area contributed by atoms with Gasteiger partial charge in [-0.05, 0) is 32.4 Å². The first-order valence-corrected chi connectivity index (χ1v) is 4.88. The lowest BCUT2D eigenvalue weighted by Crippen LogP contribution is -2.40. The summed E-state index contributed by atoms with van der Waals surface area (Å²) in [5.41, 5.74) is 0. The molecule has 0 aliphatic carbocycles. The third kappa shape index (κ3) is 4.00. The summed E-state index contributed by atoms with van der Waals surface area (Å²) in [7, 11) is 0. The molecule has 0 aromatic heterocycles. The number of nitrogens with zero attached hydrogens (tertiary/aromatic N) is 1. The maximum absolute atomic E-state index is 11.9. The SMILES string of the molecule is CCCN1CCCC(OC(F)F)C1. The number of ether oxygens (including phenoxy) is 1. The van der Waals surface area contributed by atoms with Gasteiger partial charge in [0, 0.05) is 6.54 Å². The van der Waals surface area contributed by atoms with Crippen LogP contribution >= 0.6 is 0 Å². The van der Waals surface area contributed by atoms with Crippen molar-refractivity contribution in [3.63, 3.8) is 0 Å². The van der Waals surface area contributed by atoms with Crippen LogP contribution < -0.4 is 0 Å². The van der Waals surface area contributed by atoms with Gasteiger partial charge in [0.05, 0.1) is 6.10 Å². The summed E-state index contributed by atoms with van der Waals surface area (Å²) in [6.45, 7) is 2.15. The Morgan fingerprint density at radius 3 is 2.92 bits per heavy atom. The first kappa shape index (κ1) is 10.9. The summed E-state index contributed by atoms with van der Waals surface area (Å²) in [4.78, 5) is 2.19. The molecule has 2 nitrogen and oxygen atoms in total. The number of hydrogen-bond donors (Lipinski definition) is 0. The summed E-state index contributed by atoms with van der Waals surface area (Å²) in [5.74, 6) is 0. The number of hydrogen-bond acceptors (Lipinski definition) is 2. The van der Waals surface area contributed by atoms with Gasteiger partial charge in [-0.2, -0.15) is 8.78 Å². The molecule has 0 spiro atoms. The Labute approximate surface area is 77.9 Å². The van der Waals surface area contributed by atoms with E-state index in [1.165, 1.54) is 0 Å². The molecule has 1 saturated heterocycles. The second-order valence-corrected chi connectivity index (χ2v) is 3.46. The van der Waals surface area contributed by atoms with Crippen molar-refractivity contribution in [2.24, 2.45) is 0 Å². The van der Waals surface area contributed by atoms with E-state index < -0.39 is 6.61 Å². The highest BCUT2D eigenvalue weighted by Crippen LogP contribution is 2.15. The van der Waals surface area contributed by atoms with Gasteiger partial charge in [-0.25, -0.2) is 0 Å². The second-order valence-electron chi connectivity index (χ2n) is 3.46. The normalized spacial score (nSPS) is 25.4. The van der Waals surface area contributed by atoms with E-state index in [2.05, 4.69) is 16.6 Å². The molecule has 1 heterocycles. The van der Waals surface area contributed by atoms with E-state index in [0.29, 0.717) is 6.54 Å². The van der Waals surface area contributed by atoms with E-state index in [1.807, 2.05) is 0 Å². The average Bonchev–Trinajstić information content (AvgIpc) is 2.04. The molecule has 0 saturated carbocycles. The number of halogens is 2. The standard InChI is InChI=1S/C9H17F2NO/c1-2-5-12-6-3-4-8(7-12)13-9(10)11/h8-9H,2-7H2,1H3. The van der Waals surface area contributed by atoms with Gasteiger partial charge in [-0.1, -0.05) is 6.92 Å². The molecule has 1 aliphatic heterocycles. The highest BCUT2D eigenvalue weighted by molar-refractivity contribution is 4.72. The van der Waals surface area contributed by atoms with Crippen LogP contribution in [-0.2, 0) is 4.74 Å². The van der Waals surface area contributed by atoms with Gasteiger partial charge >= 0.3 is 6.61 Å². The Bertz CT molecular complexity index is 142. The molecular formula is C9H17F2NO. The van der Waals surface area contributed by atoms with Crippen LogP contribution in [0.3, 0.4) is 0 Å². The highest BCUT2D eigenvalue weighted by Gasteiger charge is 2.22. The Hall–Kier alpha value is -0.220. The Morgan fingerprint density at radius 2 is 2.31 bits per heavy atom. The van der Waals surface area contributed by atoms with E-state index in [9.17, 15) is 8.78 Å². The molecular weight excluding hydrogens is 176 g/mol. The number of piperidine rings is 1. The smallest absolute Gasteiger partial charge is 0.318 e. The van der Waals surface area contributed by atoms with Crippen LogP contribution in [0.15, 0.2) is 0 Å². The topological polar surface area (TPSA) is 12.5 Å². The molecule has 1 unspecified atom stereocenters. The van der Waals surface area contributed by atoms with Crippen LogP contribution in [0.2, 0.25) is 0 Å². The fourth-order valence-electron chi connectivity index (χ4n) is 1.79. The summed E-state index contributed by atoms with van der Waals surface area (Å²) >= 11 is 0. The van der Waals surface area contributed by atoms with Crippen LogP contribution in [0, 0.1) is 0 Å². The van der Waals surface area contributed by atoms with E-state index in [-0.39, 0.29) is 6.10 Å². The van der Waals surface area contributed by atoms with Gasteiger partial charge in [0.15, 0.2) is 0 Å². The first-order chi connectivity index (χ1) is 6.22. The summed E-state index contributed by atoms with van der Waals surface area (Å²) in [5, 5.41) is 0. The van der Waals surface area contributed by atoms with E-state index in [1.54, 1.807) is 0 Å². The second kappa shape index (κ2) is 5.50. The largest absolute Gasteiger partial charge is 0.345 e. The quantitative estimate of drug-likeness (QED) is 0.678. The molecule has 0 radical (unpaired) electrons. The van der Waals surface area contributed by atoms with Crippen LogP contribution in [0.1, 0.15) is 26.2 Å². The molecule has 4 heteroatoms. The zero-order valence-electron chi connectivity index (χ0n) is 8.01. The van der Waals surface area contributed by atoms with Gasteiger partial charge in [-0.15, -0.1) is 0 Å². The van der Waals surface area contributed by atoms with Gasteiger partial charge in [0.1, 0.15) is 0 Å².